The minimum atomic E-state index is 0.522. The Hall–Kier alpha value is -0.770. The normalized spacial score (nSPS) is 21.1. The van der Waals surface area contributed by atoms with Crippen LogP contribution in [0, 0.1) is 5.41 Å². The quantitative estimate of drug-likeness (QED) is 0.765. The molecule has 0 saturated heterocycles. The zero-order chi connectivity index (χ0) is 9.47. The number of nitrogens with two attached hydrogens (primary N) is 1. The number of rotatable bonds is 2. The maximum Gasteiger partial charge on any atom is 0.139 e. The van der Waals surface area contributed by atoms with Gasteiger partial charge in [0.25, 0.3) is 0 Å². The molecular formula is C9H15N3S. The molecule has 0 aromatic carbocycles. The first-order valence-electron chi connectivity index (χ1n) is 4.54. The number of nitrogen functional groups attached to an aromatic ring is 1. The molecule has 3 N–H and O–H groups in total. The first-order valence-corrected chi connectivity index (χ1v) is 5.31. The Morgan fingerprint density at radius 3 is 2.77 bits per heavy atom. The fourth-order valence-corrected chi connectivity index (χ4v) is 2.58. The summed E-state index contributed by atoms with van der Waals surface area (Å²) in [6.45, 7) is 4.60. The van der Waals surface area contributed by atoms with Crippen LogP contribution in [-0.4, -0.2) is 10.4 Å². The number of hydrogen-bond acceptors (Lipinski definition) is 4. The molecule has 13 heavy (non-hydrogen) atoms. The van der Waals surface area contributed by atoms with Gasteiger partial charge in [-0.2, -0.15) is 4.37 Å². The minimum Gasteiger partial charge on any atom is -0.383 e. The predicted octanol–water partition coefficient (Wildman–Crippen LogP) is 2.33. The van der Waals surface area contributed by atoms with E-state index in [4.69, 9.17) is 5.73 Å². The Balaban J connectivity index is 1.87. The van der Waals surface area contributed by atoms with Crippen LogP contribution in [0.5, 0.6) is 0 Å². The molecule has 3 nitrogen and oxygen atoms in total. The molecule has 1 aliphatic rings. The fraction of sp³-hybridized carbons (Fsp3) is 0.667. The van der Waals surface area contributed by atoms with Gasteiger partial charge >= 0.3 is 0 Å². The molecule has 1 heterocycles. The lowest BCUT2D eigenvalue weighted by atomic mass is 9.68. The summed E-state index contributed by atoms with van der Waals surface area (Å²) in [6, 6.07) is 2.52. The molecule has 1 fully saturated rings. The first kappa shape index (κ1) is 8.81. The van der Waals surface area contributed by atoms with Crippen LogP contribution in [0.3, 0.4) is 0 Å². The summed E-state index contributed by atoms with van der Waals surface area (Å²) in [5.74, 6) is 0.617. The summed E-state index contributed by atoms with van der Waals surface area (Å²) >= 11 is 1.44. The van der Waals surface area contributed by atoms with E-state index in [-0.39, 0.29) is 0 Å². The van der Waals surface area contributed by atoms with Crippen LogP contribution in [-0.2, 0) is 0 Å². The van der Waals surface area contributed by atoms with Gasteiger partial charge in [0.05, 0.1) is 0 Å². The van der Waals surface area contributed by atoms with E-state index in [0.717, 1.165) is 5.00 Å². The van der Waals surface area contributed by atoms with Crippen molar-refractivity contribution in [3.8, 4) is 0 Å². The molecule has 0 radical (unpaired) electrons. The van der Waals surface area contributed by atoms with Crippen LogP contribution in [0.25, 0.3) is 0 Å². The van der Waals surface area contributed by atoms with Gasteiger partial charge in [-0.25, -0.2) is 0 Å². The molecule has 0 atom stereocenters. The Kier molecular flexibility index (Phi) is 1.95. The van der Waals surface area contributed by atoms with E-state index in [2.05, 4.69) is 23.5 Å². The molecule has 0 amide bonds. The van der Waals surface area contributed by atoms with Gasteiger partial charge in [0, 0.05) is 12.1 Å². The third-order valence-corrected chi connectivity index (χ3v) is 3.21. The van der Waals surface area contributed by atoms with Crippen molar-refractivity contribution in [1.29, 1.82) is 0 Å². The largest absolute Gasteiger partial charge is 0.383 e. The van der Waals surface area contributed by atoms with Crippen molar-refractivity contribution in [2.24, 2.45) is 5.41 Å². The second kappa shape index (κ2) is 2.87. The molecular weight excluding hydrogens is 182 g/mol. The third kappa shape index (κ3) is 1.94. The van der Waals surface area contributed by atoms with Gasteiger partial charge < -0.3 is 11.1 Å². The van der Waals surface area contributed by atoms with E-state index in [1.807, 2.05) is 6.07 Å². The van der Waals surface area contributed by atoms with Crippen molar-refractivity contribution in [3.63, 3.8) is 0 Å². The monoisotopic (exact) mass is 197 g/mol. The molecule has 72 valence electrons. The van der Waals surface area contributed by atoms with Crippen LogP contribution in [0.1, 0.15) is 26.7 Å². The van der Waals surface area contributed by atoms with Gasteiger partial charge in [-0.1, -0.05) is 13.8 Å². The Morgan fingerprint density at radius 2 is 2.31 bits per heavy atom. The Morgan fingerprint density at radius 1 is 1.62 bits per heavy atom. The lowest BCUT2D eigenvalue weighted by Gasteiger charge is -2.43. The summed E-state index contributed by atoms with van der Waals surface area (Å²) in [7, 11) is 0. The summed E-state index contributed by atoms with van der Waals surface area (Å²) in [4.78, 5) is 0. The van der Waals surface area contributed by atoms with Crippen LogP contribution in [0.15, 0.2) is 6.07 Å². The molecule has 1 aliphatic carbocycles. The number of anilines is 2. The Bertz CT molecular complexity index is 298. The van der Waals surface area contributed by atoms with Crippen molar-refractivity contribution in [1.82, 2.24) is 4.37 Å². The van der Waals surface area contributed by atoms with Crippen molar-refractivity contribution in [2.45, 2.75) is 32.7 Å². The smallest absolute Gasteiger partial charge is 0.139 e. The third-order valence-electron chi connectivity index (χ3n) is 2.47. The zero-order valence-corrected chi connectivity index (χ0v) is 8.82. The van der Waals surface area contributed by atoms with Gasteiger partial charge in [0.2, 0.25) is 0 Å². The first-order chi connectivity index (χ1) is 6.05. The van der Waals surface area contributed by atoms with E-state index in [9.17, 15) is 0 Å². The topological polar surface area (TPSA) is 50.9 Å². The fourth-order valence-electron chi connectivity index (χ4n) is 1.93. The molecule has 0 aliphatic heterocycles. The van der Waals surface area contributed by atoms with Crippen molar-refractivity contribution >= 4 is 22.4 Å². The highest BCUT2D eigenvalue weighted by molar-refractivity contribution is 7.10. The lowest BCUT2D eigenvalue weighted by molar-refractivity contribution is 0.167. The summed E-state index contributed by atoms with van der Waals surface area (Å²) in [5.41, 5.74) is 6.05. The van der Waals surface area contributed by atoms with Crippen LogP contribution in [0.2, 0.25) is 0 Å². The number of nitrogens with zero attached hydrogens (tertiary/aromatic N) is 1. The highest BCUT2D eigenvalue weighted by Crippen LogP contribution is 2.41. The van der Waals surface area contributed by atoms with Gasteiger partial charge in [-0.15, -0.1) is 0 Å². The highest BCUT2D eigenvalue weighted by Gasteiger charge is 2.35. The molecule has 1 aromatic heterocycles. The van der Waals surface area contributed by atoms with Gasteiger partial charge in [-0.3, -0.25) is 0 Å². The average Bonchev–Trinajstić information content (AvgIpc) is 2.31. The standard InChI is InChI=1S/C9H15N3S/c1-9(2)4-6(5-9)11-8-3-7(10)12-13-8/h3,6,11H,4-5H2,1-2H3,(H2,10,12). The van der Waals surface area contributed by atoms with Gasteiger partial charge in [0.15, 0.2) is 0 Å². The van der Waals surface area contributed by atoms with Crippen molar-refractivity contribution < 1.29 is 0 Å². The maximum atomic E-state index is 5.53. The summed E-state index contributed by atoms with van der Waals surface area (Å²) < 4.78 is 4.02. The van der Waals surface area contributed by atoms with Crippen LogP contribution in [0.4, 0.5) is 10.8 Å². The number of nitrogens with one attached hydrogen (secondary N) is 1. The molecule has 1 saturated carbocycles. The second-order valence-electron chi connectivity index (χ2n) is 4.53. The molecule has 0 unspecified atom stereocenters. The summed E-state index contributed by atoms with van der Waals surface area (Å²) in [6.07, 6.45) is 2.48. The molecule has 0 bridgehead atoms. The predicted molar refractivity (Wildman–Crippen MR) is 57.0 cm³/mol. The van der Waals surface area contributed by atoms with Crippen molar-refractivity contribution in [2.75, 3.05) is 11.1 Å². The van der Waals surface area contributed by atoms with E-state index >= 15 is 0 Å². The van der Waals surface area contributed by atoms with E-state index in [0.29, 0.717) is 17.3 Å². The minimum absolute atomic E-state index is 0.522. The van der Waals surface area contributed by atoms with E-state index < -0.39 is 0 Å². The Labute approximate surface area is 82.5 Å². The SMILES string of the molecule is CC1(C)CC(Nc2cc(N)ns2)C1. The molecule has 2 rings (SSSR count). The van der Waals surface area contributed by atoms with Gasteiger partial charge in [0.1, 0.15) is 10.8 Å². The van der Waals surface area contributed by atoms with E-state index in [1.165, 1.54) is 24.4 Å². The van der Waals surface area contributed by atoms with Crippen LogP contribution >= 0.6 is 11.5 Å². The number of aromatic nitrogens is 1. The molecule has 0 spiro atoms. The number of hydrogen-bond donors (Lipinski definition) is 2. The summed E-state index contributed by atoms with van der Waals surface area (Å²) in [5, 5.41) is 4.53. The molecule has 4 heteroatoms. The molecule has 1 aromatic rings. The maximum absolute atomic E-state index is 5.53. The van der Waals surface area contributed by atoms with Gasteiger partial charge in [-0.05, 0) is 29.8 Å². The lowest BCUT2D eigenvalue weighted by Crippen LogP contribution is -2.41. The van der Waals surface area contributed by atoms with Crippen molar-refractivity contribution in [3.05, 3.63) is 6.07 Å². The second-order valence-corrected chi connectivity index (χ2v) is 5.33. The average molecular weight is 197 g/mol. The highest BCUT2D eigenvalue weighted by atomic mass is 32.1. The van der Waals surface area contributed by atoms with Crippen LogP contribution < -0.4 is 11.1 Å². The van der Waals surface area contributed by atoms with E-state index in [1.54, 1.807) is 0 Å². The zero-order valence-electron chi connectivity index (χ0n) is 8.00.